The van der Waals surface area contributed by atoms with Crippen LogP contribution in [0.25, 0.3) is 10.9 Å². The van der Waals surface area contributed by atoms with Crippen LogP contribution in [0.4, 0.5) is 0 Å². The monoisotopic (exact) mass is 231 g/mol. The SMILES string of the molecule is Cc1nnc(C(C)C)c2c(C(C)C)cn(C)c12. The Morgan fingerprint density at radius 1 is 1.06 bits per heavy atom. The van der Waals surface area contributed by atoms with Crippen molar-refractivity contribution < 1.29 is 0 Å². The van der Waals surface area contributed by atoms with E-state index in [1.807, 2.05) is 6.92 Å². The van der Waals surface area contributed by atoms with E-state index in [0.717, 1.165) is 11.4 Å². The van der Waals surface area contributed by atoms with Gasteiger partial charge in [0, 0.05) is 18.6 Å². The van der Waals surface area contributed by atoms with Crippen LogP contribution >= 0.6 is 0 Å². The Labute approximate surface area is 103 Å². The van der Waals surface area contributed by atoms with Crippen LogP contribution in [0.1, 0.15) is 56.5 Å². The molecular formula is C14H21N3. The Balaban J connectivity index is 2.90. The molecule has 0 bridgehead atoms. The van der Waals surface area contributed by atoms with Crippen LogP contribution in [-0.4, -0.2) is 14.8 Å². The molecule has 0 fully saturated rings. The van der Waals surface area contributed by atoms with Gasteiger partial charge in [0.15, 0.2) is 0 Å². The predicted molar refractivity (Wildman–Crippen MR) is 71.4 cm³/mol. The lowest BCUT2D eigenvalue weighted by atomic mass is 9.97. The number of hydrogen-bond acceptors (Lipinski definition) is 2. The second-order valence-electron chi connectivity index (χ2n) is 5.40. The van der Waals surface area contributed by atoms with Gasteiger partial charge in [0.25, 0.3) is 0 Å². The zero-order valence-corrected chi connectivity index (χ0v) is 11.6. The van der Waals surface area contributed by atoms with Crippen LogP contribution in [-0.2, 0) is 7.05 Å². The molecule has 2 aromatic heterocycles. The summed E-state index contributed by atoms with van der Waals surface area (Å²) in [5.74, 6) is 0.922. The zero-order chi connectivity index (χ0) is 12.7. The fourth-order valence-corrected chi connectivity index (χ4v) is 2.42. The zero-order valence-electron chi connectivity index (χ0n) is 11.6. The summed E-state index contributed by atoms with van der Waals surface area (Å²) in [7, 11) is 2.09. The normalized spacial score (nSPS) is 12.0. The summed E-state index contributed by atoms with van der Waals surface area (Å²) in [6.07, 6.45) is 2.22. The van der Waals surface area contributed by atoms with Gasteiger partial charge in [0.2, 0.25) is 0 Å². The van der Waals surface area contributed by atoms with E-state index in [0.29, 0.717) is 11.8 Å². The Morgan fingerprint density at radius 3 is 2.24 bits per heavy atom. The van der Waals surface area contributed by atoms with Gasteiger partial charge in [-0.15, -0.1) is 0 Å². The van der Waals surface area contributed by atoms with Crippen molar-refractivity contribution in [1.29, 1.82) is 0 Å². The second-order valence-corrected chi connectivity index (χ2v) is 5.40. The third-order valence-electron chi connectivity index (χ3n) is 3.29. The molecule has 0 amide bonds. The number of nitrogens with zero attached hydrogens (tertiary/aromatic N) is 3. The third kappa shape index (κ3) is 1.84. The lowest BCUT2D eigenvalue weighted by molar-refractivity contribution is 0.786. The van der Waals surface area contributed by atoms with Crippen LogP contribution in [0.15, 0.2) is 6.20 Å². The van der Waals surface area contributed by atoms with E-state index in [1.165, 1.54) is 16.5 Å². The van der Waals surface area contributed by atoms with Gasteiger partial charge in [-0.25, -0.2) is 0 Å². The highest BCUT2D eigenvalue weighted by Crippen LogP contribution is 2.32. The lowest BCUT2D eigenvalue weighted by Gasteiger charge is -2.10. The smallest absolute Gasteiger partial charge is 0.0842 e. The minimum atomic E-state index is 0.408. The standard InChI is InChI=1S/C14H21N3/c1-8(2)11-7-17(6)14-10(5)15-16-13(9(3)4)12(11)14/h7-9H,1-6H3. The number of aryl methyl sites for hydroxylation is 2. The van der Waals surface area contributed by atoms with E-state index in [4.69, 9.17) is 0 Å². The highest BCUT2D eigenvalue weighted by Gasteiger charge is 2.18. The van der Waals surface area contributed by atoms with E-state index in [-0.39, 0.29) is 0 Å². The van der Waals surface area contributed by atoms with Crippen LogP contribution in [0.2, 0.25) is 0 Å². The first-order chi connectivity index (χ1) is 7.93. The molecule has 0 aliphatic carbocycles. The van der Waals surface area contributed by atoms with Gasteiger partial charge in [-0.3, -0.25) is 0 Å². The molecule has 0 atom stereocenters. The number of hydrogen-bond donors (Lipinski definition) is 0. The average Bonchev–Trinajstić information content (AvgIpc) is 2.57. The quantitative estimate of drug-likeness (QED) is 0.791. The van der Waals surface area contributed by atoms with Gasteiger partial charge in [0.1, 0.15) is 0 Å². The first kappa shape index (κ1) is 12.1. The molecule has 2 rings (SSSR count). The summed E-state index contributed by atoms with van der Waals surface area (Å²) in [6.45, 7) is 10.8. The molecule has 0 radical (unpaired) electrons. The maximum Gasteiger partial charge on any atom is 0.0842 e. The van der Waals surface area contributed by atoms with Gasteiger partial charge in [-0.05, 0) is 24.3 Å². The fourth-order valence-electron chi connectivity index (χ4n) is 2.42. The van der Waals surface area contributed by atoms with Crippen LogP contribution in [0.5, 0.6) is 0 Å². The van der Waals surface area contributed by atoms with E-state index in [2.05, 4.69) is 55.7 Å². The molecule has 17 heavy (non-hydrogen) atoms. The Morgan fingerprint density at radius 2 is 1.71 bits per heavy atom. The largest absolute Gasteiger partial charge is 0.349 e. The average molecular weight is 231 g/mol. The van der Waals surface area contributed by atoms with Crippen LogP contribution < -0.4 is 0 Å². The van der Waals surface area contributed by atoms with Crippen molar-refractivity contribution >= 4 is 10.9 Å². The number of rotatable bonds is 2. The summed E-state index contributed by atoms with van der Waals surface area (Å²) in [4.78, 5) is 0. The third-order valence-corrected chi connectivity index (χ3v) is 3.29. The maximum atomic E-state index is 4.40. The Hall–Kier alpha value is -1.38. The summed E-state index contributed by atoms with van der Waals surface area (Å²) >= 11 is 0. The lowest BCUT2D eigenvalue weighted by Crippen LogP contribution is -2.01. The molecule has 0 unspecified atom stereocenters. The van der Waals surface area contributed by atoms with Crippen molar-refractivity contribution in [3.05, 3.63) is 23.1 Å². The van der Waals surface area contributed by atoms with Crippen molar-refractivity contribution in [1.82, 2.24) is 14.8 Å². The molecule has 0 aliphatic rings. The molecule has 0 saturated carbocycles. The molecule has 3 heteroatoms. The van der Waals surface area contributed by atoms with Crippen molar-refractivity contribution in [2.24, 2.45) is 7.05 Å². The Kier molecular flexibility index (Phi) is 2.94. The molecule has 0 N–H and O–H groups in total. The first-order valence-corrected chi connectivity index (χ1v) is 6.25. The molecular weight excluding hydrogens is 210 g/mol. The second kappa shape index (κ2) is 4.13. The van der Waals surface area contributed by atoms with E-state index >= 15 is 0 Å². The summed E-state index contributed by atoms with van der Waals surface area (Å²) < 4.78 is 2.18. The van der Waals surface area contributed by atoms with Crippen molar-refractivity contribution in [3.63, 3.8) is 0 Å². The topological polar surface area (TPSA) is 30.7 Å². The molecule has 2 aromatic rings. The summed E-state index contributed by atoms with van der Waals surface area (Å²) in [5.41, 5.74) is 4.74. The molecule has 0 aromatic carbocycles. The van der Waals surface area contributed by atoms with Gasteiger partial charge < -0.3 is 4.57 Å². The van der Waals surface area contributed by atoms with Crippen LogP contribution in [0, 0.1) is 6.92 Å². The van der Waals surface area contributed by atoms with E-state index in [1.54, 1.807) is 0 Å². The van der Waals surface area contributed by atoms with E-state index in [9.17, 15) is 0 Å². The molecule has 0 spiro atoms. The number of aromatic nitrogens is 3. The highest BCUT2D eigenvalue weighted by atomic mass is 15.1. The predicted octanol–water partition coefficient (Wildman–Crippen LogP) is 3.52. The molecule has 2 heterocycles. The number of fused-ring (bicyclic) bond motifs is 1. The van der Waals surface area contributed by atoms with Gasteiger partial charge in [-0.2, -0.15) is 10.2 Å². The van der Waals surface area contributed by atoms with Crippen molar-refractivity contribution in [2.45, 2.75) is 46.5 Å². The van der Waals surface area contributed by atoms with E-state index < -0.39 is 0 Å². The first-order valence-electron chi connectivity index (χ1n) is 6.25. The fraction of sp³-hybridized carbons (Fsp3) is 0.571. The van der Waals surface area contributed by atoms with Crippen molar-refractivity contribution in [2.75, 3.05) is 0 Å². The van der Waals surface area contributed by atoms with Gasteiger partial charge in [-0.1, -0.05) is 27.7 Å². The maximum absolute atomic E-state index is 4.40. The molecule has 0 aliphatic heterocycles. The van der Waals surface area contributed by atoms with Gasteiger partial charge >= 0.3 is 0 Å². The summed E-state index contributed by atoms with van der Waals surface area (Å²) in [5, 5.41) is 10.0. The Bertz CT molecular complexity index is 550. The van der Waals surface area contributed by atoms with Gasteiger partial charge in [0.05, 0.1) is 16.9 Å². The minimum absolute atomic E-state index is 0.408. The molecule has 92 valence electrons. The molecule has 3 nitrogen and oxygen atoms in total. The summed E-state index contributed by atoms with van der Waals surface area (Å²) in [6, 6.07) is 0. The van der Waals surface area contributed by atoms with Crippen LogP contribution in [0.3, 0.4) is 0 Å². The molecule has 0 saturated heterocycles. The minimum Gasteiger partial charge on any atom is -0.349 e. The highest BCUT2D eigenvalue weighted by molar-refractivity contribution is 5.88. The van der Waals surface area contributed by atoms with Crippen molar-refractivity contribution in [3.8, 4) is 0 Å².